The van der Waals surface area contributed by atoms with Gasteiger partial charge in [0.25, 0.3) is 0 Å². The molecule has 26 valence electrons. The van der Waals surface area contributed by atoms with E-state index in [0.717, 1.165) is 0 Å². The SMILES string of the molecule is [Ag+].[O-2].[O-2].[Ti+4]. The van der Waals surface area contributed by atoms with E-state index in [-0.39, 0.29) is 55.1 Å². The van der Waals surface area contributed by atoms with E-state index >= 15 is 0 Å². The summed E-state index contributed by atoms with van der Waals surface area (Å²) in [4.78, 5) is 0. The molecule has 0 heterocycles. The van der Waals surface area contributed by atoms with Crippen LogP contribution < -0.4 is 0 Å². The van der Waals surface area contributed by atoms with E-state index in [2.05, 4.69) is 0 Å². The van der Waals surface area contributed by atoms with Gasteiger partial charge in [-0.2, -0.15) is 0 Å². The first kappa shape index (κ1) is 54.4. The Morgan fingerprint density at radius 2 is 0.750 bits per heavy atom. The summed E-state index contributed by atoms with van der Waals surface area (Å²) in [6.45, 7) is 0. The first-order chi connectivity index (χ1) is 0. The van der Waals surface area contributed by atoms with Crippen LogP contribution in [0.4, 0.5) is 0 Å². The molecule has 0 rings (SSSR count). The van der Waals surface area contributed by atoms with Gasteiger partial charge in [-0.1, -0.05) is 0 Å². The molecule has 0 fully saturated rings. The molecule has 4 heavy (non-hydrogen) atoms. The summed E-state index contributed by atoms with van der Waals surface area (Å²) in [7, 11) is 0. The normalized spacial score (nSPS) is 0. The van der Waals surface area contributed by atoms with Crippen molar-refractivity contribution >= 4 is 0 Å². The van der Waals surface area contributed by atoms with Gasteiger partial charge in [0.1, 0.15) is 0 Å². The Bertz CT molecular complexity index is 6.00. The van der Waals surface area contributed by atoms with Gasteiger partial charge in [-0.25, -0.2) is 0 Å². The molecule has 0 saturated heterocycles. The minimum Gasteiger partial charge on any atom is -2.00 e. The van der Waals surface area contributed by atoms with E-state index in [1.165, 1.54) is 0 Å². The van der Waals surface area contributed by atoms with Crippen molar-refractivity contribution < 1.29 is 55.1 Å². The largest absolute Gasteiger partial charge is 4.00 e. The van der Waals surface area contributed by atoms with E-state index in [0.29, 0.717) is 0 Å². The van der Waals surface area contributed by atoms with Crippen LogP contribution >= 0.6 is 0 Å². The molecule has 0 aromatic heterocycles. The quantitative estimate of drug-likeness (QED) is 0.470. The minimum absolute atomic E-state index is 0. The van der Waals surface area contributed by atoms with Gasteiger partial charge >= 0.3 is 44.1 Å². The second-order valence-electron chi connectivity index (χ2n) is 0. The molecule has 0 aliphatic carbocycles. The molecule has 0 aliphatic rings. The van der Waals surface area contributed by atoms with Crippen molar-refractivity contribution in [2.75, 3.05) is 0 Å². The van der Waals surface area contributed by atoms with Crippen LogP contribution in [0.2, 0.25) is 0 Å². The van der Waals surface area contributed by atoms with Crippen LogP contribution in [0.5, 0.6) is 0 Å². The van der Waals surface area contributed by atoms with Gasteiger partial charge in [0.05, 0.1) is 0 Å². The van der Waals surface area contributed by atoms with Gasteiger partial charge in [-0.3, -0.25) is 0 Å². The average molecular weight is 188 g/mol. The Balaban J connectivity index is 0. The topological polar surface area (TPSA) is 57.0 Å². The molecule has 0 radical (unpaired) electrons. The summed E-state index contributed by atoms with van der Waals surface area (Å²) in [5, 5.41) is 0. The fourth-order valence-electron chi connectivity index (χ4n) is 0. The van der Waals surface area contributed by atoms with Crippen molar-refractivity contribution in [3.63, 3.8) is 0 Å². The van der Waals surface area contributed by atoms with Gasteiger partial charge in [0, 0.05) is 0 Å². The first-order valence-corrected chi connectivity index (χ1v) is 0. The second kappa shape index (κ2) is 26.4. The zero-order valence-corrected chi connectivity index (χ0v) is 4.66. The Morgan fingerprint density at radius 3 is 0.750 bits per heavy atom. The Morgan fingerprint density at radius 1 is 0.750 bits per heavy atom. The van der Waals surface area contributed by atoms with Crippen LogP contribution in [-0.2, 0) is 55.1 Å². The summed E-state index contributed by atoms with van der Waals surface area (Å²) in [6, 6.07) is 0. The number of rotatable bonds is 0. The molecule has 0 aromatic rings. The van der Waals surface area contributed by atoms with Gasteiger partial charge in [0.2, 0.25) is 0 Å². The van der Waals surface area contributed by atoms with Crippen molar-refractivity contribution in [2.24, 2.45) is 0 Å². The van der Waals surface area contributed by atoms with Crippen LogP contribution in [0.1, 0.15) is 0 Å². The monoisotopic (exact) mass is 187 g/mol. The van der Waals surface area contributed by atoms with Crippen molar-refractivity contribution in [1.82, 2.24) is 0 Å². The molecule has 0 saturated carbocycles. The molecule has 0 N–H and O–H groups in total. The van der Waals surface area contributed by atoms with Crippen LogP contribution in [-0.4, -0.2) is 0 Å². The van der Waals surface area contributed by atoms with Gasteiger partial charge in [0.15, 0.2) is 0 Å². The molecule has 0 spiro atoms. The zero-order valence-electron chi connectivity index (χ0n) is 1.62. The standard InChI is InChI=1S/Ag.2O.Ti/q+1;2*-2;+4. The molecule has 0 amide bonds. The van der Waals surface area contributed by atoms with E-state index in [1.54, 1.807) is 0 Å². The van der Waals surface area contributed by atoms with Crippen molar-refractivity contribution in [1.29, 1.82) is 0 Å². The molecular formula is AgO2Ti+. The Hall–Kier alpha value is 1.37. The fraction of sp³-hybridized carbons (Fsp3) is 0. The Kier molecular flexibility index (Phi) is 359. The average Bonchev–Trinajstić information content (AvgIpc) is 0. The molecule has 0 unspecified atom stereocenters. The summed E-state index contributed by atoms with van der Waals surface area (Å²) in [6.07, 6.45) is 0. The van der Waals surface area contributed by atoms with E-state index in [9.17, 15) is 0 Å². The zero-order chi connectivity index (χ0) is 0. The molecule has 4 heteroatoms. The van der Waals surface area contributed by atoms with Crippen molar-refractivity contribution in [3.05, 3.63) is 0 Å². The van der Waals surface area contributed by atoms with E-state index in [4.69, 9.17) is 0 Å². The summed E-state index contributed by atoms with van der Waals surface area (Å²) in [5.74, 6) is 0. The van der Waals surface area contributed by atoms with Gasteiger partial charge in [-0.05, 0) is 0 Å². The molecule has 0 bridgehead atoms. The molecule has 0 aromatic carbocycles. The molecular weight excluding hydrogens is 188 g/mol. The summed E-state index contributed by atoms with van der Waals surface area (Å²) >= 11 is 0. The van der Waals surface area contributed by atoms with Crippen molar-refractivity contribution in [3.8, 4) is 0 Å². The van der Waals surface area contributed by atoms with E-state index < -0.39 is 0 Å². The maximum Gasteiger partial charge on any atom is 4.00 e. The third-order valence-corrected chi connectivity index (χ3v) is 0. The van der Waals surface area contributed by atoms with Crippen LogP contribution in [0.15, 0.2) is 0 Å². The smallest absolute Gasteiger partial charge is 2.00 e. The Labute approximate surface area is 55.0 Å². The second-order valence-corrected chi connectivity index (χ2v) is 0. The predicted octanol–water partition coefficient (Wildman–Crippen LogP) is -0.243. The summed E-state index contributed by atoms with van der Waals surface area (Å²) < 4.78 is 0. The van der Waals surface area contributed by atoms with Crippen LogP contribution in [0.3, 0.4) is 0 Å². The van der Waals surface area contributed by atoms with Crippen molar-refractivity contribution in [2.45, 2.75) is 0 Å². The third kappa shape index (κ3) is 10.1. The number of hydrogen-bond acceptors (Lipinski definition) is 0. The predicted molar refractivity (Wildman–Crippen MR) is 1.37 cm³/mol. The fourth-order valence-corrected chi connectivity index (χ4v) is 0. The first-order valence-electron chi connectivity index (χ1n) is 0. The molecule has 0 aliphatic heterocycles. The maximum absolute atomic E-state index is 0. The maximum atomic E-state index is 0. The van der Waals surface area contributed by atoms with Gasteiger partial charge < -0.3 is 11.0 Å². The van der Waals surface area contributed by atoms with E-state index in [1.807, 2.05) is 0 Å². The van der Waals surface area contributed by atoms with Gasteiger partial charge in [-0.15, -0.1) is 0 Å². The molecule has 2 nitrogen and oxygen atoms in total. The van der Waals surface area contributed by atoms with Crippen LogP contribution in [0, 0.1) is 0 Å². The van der Waals surface area contributed by atoms with Crippen LogP contribution in [0.25, 0.3) is 0 Å². The minimum atomic E-state index is 0. The number of hydrogen-bond donors (Lipinski definition) is 0. The summed E-state index contributed by atoms with van der Waals surface area (Å²) in [5.41, 5.74) is 0. The third-order valence-electron chi connectivity index (χ3n) is 0. The molecule has 0 atom stereocenters.